The Morgan fingerprint density at radius 2 is 2.04 bits per heavy atom. The summed E-state index contributed by atoms with van der Waals surface area (Å²) in [4.78, 5) is 13.3. The molecule has 2 aromatic rings. The van der Waals surface area contributed by atoms with E-state index in [-0.39, 0.29) is 0 Å². The van der Waals surface area contributed by atoms with Crippen molar-refractivity contribution in [3.8, 4) is 5.88 Å². The van der Waals surface area contributed by atoms with E-state index < -0.39 is 0 Å². The van der Waals surface area contributed by atoms with E-state index in [0.29, 0.717) is 17.9 Å². The van der Waals surface area contributed by atoms with Gasteiger partial charge in [-0.3, -0.25) is 4.90 Å². The van der Waals surface area contributed by atoms with E-state index in [1.807, 2.05) is 25.2 Å². The predicted molar refractivity (Wildman–Crippen MR) is 102 cm³/mol. The zero-order valence-corrected chi connectivity index (χ0v) is 16.0. The van der Waals surface area contributed by atoms with Gasteiger partial charge in [-0.25, -0.2) is 4.98 Å². The molecule has 1 saturated heterocycles. The maximum Gasteiger partial charge on any atom is 0.228 e. The van der Waals surface area contributed by atoms with E-state index in [0.717, 1.165) is 48.1 Å². The third-order valence-corrected chi connectivity index (χ3v) is 5.32. The van der Waals surface area contributed by atoms with Crippen LogP contribution in [0, 0.1) is 0 Å². The zero-order chi connectivity index (χ0) is 17.8. The summed E-state index contributed by atoms with van der Waals surface area (Å²) < 4.78 is 5.20. The van der Waals surface area contributed by atoms with Crippen molar-refractivity contribution in [2.24, 2.45) is 0 Å². The van der Waals surface area contributed by atoms with Gasteiger partial charge in [0.15, 0.2) is 0 Å². The molecule has 1 unspecified atom stereocenters. The second-order valence-electron chi connectivity index (χ2n) is 6.24. The fraction of sp³-hybridized carbons (Fsp3) is 0.444. The van der Waals surface area contributed by atoms with E-state index in [2.05, 4.69) is 19.8 Å². The van der Waals surface area contributed by atoms with Gasteiger partial charge in [0.05, 0.1) is 7.11 Å². The largest absolute Gasteiger partial charge is 0.481 e. The van der Waals surface area contributed by atoms with Crippen molar-refractivity contribution in [1.82, 2.24) is 14.9 Å². The van der Waals surface area contributed by atoms with Crippen LogP contribution in [0.2, 0.25) is 10.0 Å². The van der Waals surface area contributed by atoms with Crippen LogP contribution >= 0.6 is 23.2 Å². The first-order chi connectivity index (χ1) is 12.1. The summed E-state index contributed by atoms with van der Waals surface area (Å²) in [5.41, 5.74) is 0.992. The number of hydrogen-bond acceptors (Lipinski definition) is 5. The lowest BCUT2D eigenvalue weighted by atomic mass is 10.0. The molecule has 0 aliphatic carbocycles. The Morgan fingerprint density at radius 3 is 2.76 bits per heavy atom. The van der Waals surface area contributed by atoms with Gasteiger partial charge in [0.2, 0.25) is 11.8 Å². The van der Waals surface area contributed by atoms with Gasteiger partial charge in [-0.2, -0.15) is 4.98 Å². The highest BCUT2D eigenvalue weighted by Crippen LogP contribution is 2.28. The molecule has 1 aliphatic rings. The molecule has 5 nitrogen and oxygen atoms in total. The molecule has 1 aromatic heterocycles. The summed E-state index contributed by atoms with van der Waals surface area (Å²) >= 11 is 12.6. The molecule has 0 N–H and O–H groups in total. The van der Waals surface area contributed by atoms with Crippen LogP contribution in [0.15, 0.2) is 30.5 Å². The molecular weight excluding hydrogens is 359 g/mol. The summed E-state index contributed by atoms with van der Waals surface area (Å²) in [6, 6.07) is 7.74. The van der Waals surface area contributed by atoms with Crippen LogP contribution in [-0.2, 0) is 6.54 Å². The van der Waals surface area contributed by atoms with Crippen LogP contribution in [-0.4, -0.2) is 48.2 Å². The second-order valence-corrected chi connectivity index (χ2v) is 7.06. The number of methoxy groups -OCH3 is 1. The summed E-state index contributed by atoms with van der Waals surface area (Å²) in [6.07, 6.45) is 3.94. The molecule has 2 heterocycles. The lowest BCUT2D eigenvalue weighted by Gasteiger charge is -2.37. The number of halogens is 2. The number of hydrogen-bond donors (Lipinski definition) is 0. The van der Waals surface area contributed by atoms with Crippen molar-refractivity contribution in [3.63, 3.8) is 0 Å². The third-order valence-electron chi connectivity index (χ3n) is 4.61. The number of anilines is 1. The van der Waals surface area contributed by atoms with Gasteiger partial charge in [-0.1, -0.05) is 29.3 Å². The number of aromatic nitrogens is 2. The van der Waals surface area contributed by atoms with Gasteiger partial charge in [0.1, 0.15) is 0 Å². The molecule has 0 radical (unpaired) electrons. The van der Waals surface area contributed by atoms with E-state index in [1.54, 1.807) is 19.4 Å². The summed E-state index contributed by atoms with van der Waals surface area (Å²) in [5.74, 6) is 1.26. The molecule has 25 heavy (non-hydrogen) atoms. The zero-order valence-electron chi connectivity index (χ0n) is 14.5. The number of likely N-dealkylation sites (tertiary alicyclic amines) is 1. The highest BCUT2D eigenvalue weighted by molar-refractivity contribution is 6.35. The fourth-order valence-electron chi connectivity index (χ4n) is 3.18. The molecule has 3 rings (SSSR count). The molecule has 0 saturated carbocycles. The molecule has 1 aromatic carbocycles. The van der Waals surface area contributed by atoms with E-state index in [9.17, 15) is 0 Å². The molecule has 1 fully saturated rings. The minimum Gasteiger partial charge on any atom is -0.481 e. The van der Waals surface area contributed by atoms with E-state index in [4.69, 9.17) is 27.9 Å². The Bertz CT molecular complexity index is 708. The average Bonchev–Trinajstić information content (AvgIpc) is 2.64. The fourth-order valence-corrected chi connectivity index (χ4v) is 3.69. The highest BCUT2D eigenvalue weighted by atomic mass is 35.5. The van der Waals surface area contributed by atoms with Crippen molar-refractivity contribution < 1.29 is 4.74 Å². The predicted octanol–water partition coefficient (Wildman–Crippen LogP) is 3.89. The standard InChI is InChI=1S/C18H22Cl2N4O/c1-23(18-21-9-8-17(22-18)25-2)13-5-4-10-24(11-13)12-14-15(19)6-3-7-16(14)20/h3,6-9,13H,4-5,10-12H2,1-2H3. The van der Waals surface area contributed by atoms with Crippen LogP contribution in [0.25, 0.3) is 0 Å². The first-order valence-electron chi connectivity index (χ1n) is 8.33. The Morgan fingerprint density at radius 1 is 1.28 bits per heavy atom. The van der Waals surface area contributed by atoms with Gasteiger partial charge in [-0.05, 0) is 31.5 Å². The van der Waals surface area contributed by atoms with Crippen LogP contribution in [0.1, 0.15) is 18.4 Å². The monoisotopic (exact) mass is 380 g/mol. The summed E-state index contributed by atoms with van der Waals surface area (Å²) in [7, 11) is 3.65. The Hall–Kier alpha value is -1.56. The average molecular weight is 381 g/mol. The molecule has 0 bridgehead atoms. The molecular formula is C18H22Cl2N4O. The smallest absolute Gasteiger partial charge is 0.228 e. The maximum atomic E-state index is 6.32. The normalized spacial score (nSPS) is 18.2. The van der Waals surface area contributed by atoms with Crippen molar-refractivity contribution in [2.75, 3.05) is 32.1 Å². The second kappa shape index (κ2) is 8.21. The minimum atomic E-state index is 0.335. The number of ether oxygens (including phenoxy) is 1. The van der Waals surface area contributed by atoms with Gasteiger partial charge in [-0.15, -0.1) is 0 Å². The van der Waals surface area contributed by atoms with Gasteiger partial charge in [0, 0.05) is 54.1 Å². The summed E-state index contributed by atoms with van der Waals surface area (Å²) in [5, 5.41) is 1.44. The Labute approximate surface area is 158 Å². The number of rotatable bonds is 5. The lowest BCUT2D eigenvalue weighted by molar-refractivity contribution is 0.198. The first-order valence-corrected chi connectivity index (χ1v) is 9.09. The maximum absolute atomic E-state index is 6.32. The molecule has 0 amide bonds. The number of nitrogens with zero attached hydrogens (tertiary/aromatic N) is 4. The third kappa shape index (κ3) is 4.35. The van der Waals surface area contributed by atoms with Crippen molar-refractivity contribution in [1.29, 1.82) is 0 Å². The summed E-state index contributed by atoms with van der Waals surface area (Å²) in [6.45, 7) is 2.70. The number of likely N-dealkylation sites (N-methyl/N-ethyl adjacent to an activating group) is 1. The first kappa shape index (κ1) is 18.2. The highest BCUT2D eigenvalue weighted by Gasteiger charge is 2.25. The number of benzene rings is 1. The molecule has 7 heteroatoms. The van der Waals surface area contributed by atoms with Crippen molar-refractivity contribution in [2.45, 2.75) is 25.4 Å². The number of piperidine rings is 1. The minimum absolute atomic E-state index is 0.335. The van der Waals surface area contributed by atoms with Gasteiger partial charge in [0.25, 0.3) is 0 Å². The van der Waals surface area contributed by atoms with E-state index >= 15 is 0 Å². The molecule has 134 valence electrons. The SMILES string of the molecule is COc1ccnc(N(C)C2CCCN(Cc3c(Cl)cccc3Cl)C2)n1. The Balaban J connectivity index is 1.70. The van der Waals surface area contributed by atoms with Crippen molar-refractivity contribution in [3.05, 3.63) is 46.1 Å². The van der Waals surface area contributed by atoms with Gasteiger partial charge >= 0.3 is 0 Å². The van der Waals surface area contributed by atoms with Gasteiger partial charge < -0.3 is 9.64 Å². The van der Waals surface area contributed by atoms with Crippen LogP contribution in [0.4, 0.5) is 5.95 Å². The van der Waals surface area contributed by atoms with Crippen molar-refractivity contribution >= 4 is 29.2 Å². The Kier molecular flexibility index (Phi) is 5.99. The quantitative estimate of drug-likeness (QED) is 0.786. The molecule has 0 spiro atoms. The van der Waals surface area contributed by atoms with Crippen LogP contribution in [0.3, 0.4) is 0 Å². The lowest BCUT2D eigenvalue weighted by Crippen LogP contribution is -2.46. The van der Waals surface area contributed by atoms with E-state index in [1.165, 1.54) is 0 Å². The topological polar surface area (TPSA) is 41.5 Å². The van der Waals surface area contributed by atoms with Crippen LogP contribution < -0.4 is 9.64 Å². The molecule has 1 atom stereocenters. The van der Waals surface area contributed by atoms with Crippen LogP contribution in [0.5, 0.6) is 5.88 Å². The molecule has 1 aliphatic heterocycles.